The van der Waals surface area contributed by atoms with Crippen molar-refractivity contribution in [3.63, 3.8) is 0 Å². The van der Waals surface area contributed by atoms with E-state index in [0.717, 1.165) is 58.2 Å². The average Bonchev–Trinajstić information content (AvgIpc) is 2.88. The molecule has 0 bridgehead atoms. The highest BCUT2D eigenvalue weighted by molar-refractivity contribution is 5.78. The molecule has 0 unspecified atom stereocenters. The van der Waals surface area contributed by atoms with Gasteiger partial charge in [-0.05, 0) is 38.5 Å². The predicted molar refractivity (Wildman–Crippen MR) is 158 cm³/mol. The summed E-state index contributed by atoms with van der Waals surface area (Å²) in [5, 5.41) is 0. The molecule has 0 aromatic carbocycles. The lowest BCUT2D eigenvalue weighted by Gasteiger charge is -2.19. The molecule has 0 aliphatic rings. The molecule has 0 rings (SSSR count). The fraction of sp³-hybridized carbons (Fsp3) is 0.970. The third-order valence-corrected chi connectivity index (χ3v) is 7.31. The number of hydrogen-bond donors (Lipinski definition) is 0. The van der Waals surface area contributed by atoms with Crippen LogP contribution < -0.4 is 0 Å². The Morgan fingerprint density at radius 2 is 0.778 bits per heavy atom. The largest absolute Gasteiger partial charge is 0.353 e. The normalized spacial score (nSPS) is 11.6. The van der Waals surface area contributed by atoms with Gasteiger partial charge in [0.2, 0.25) is 0 Å². The summed E-state index contributed by atoms with van der Waals surface area (Å²) < 4.78 is 12.4. The zero-order valence-corrected chi connectivity index (χ0v) is 25.1. The molecule has 0 radical (unpaired) electrons. The van der Waals surface area contributed by atoms with Gasteiger partial charge in [0.05, 0.1) is 0 Å². The minimum atomic E-state index is -0.0186. The molecule has 216 valence electrons. The Balaban J connectivity index is 3.91. The SMILES string of the molecule is CCCCCCCCCOC(CCCCCCCC(=O)CCCCCC)OCCCCCCCCC. The Labute approximate surface area is 227 Å². The van der Waals surface area contributed by atoms with Gasteiger partial charge in [-0.2, -0.15) is 0 Å². The Hall–Kier alpha value is -0.410. The molecule has 0 atom stereocenters. The highest BCUT2D eigenvalue weighted by atomic mass is 16.7. The van der Waals surface area contributed by atoms with Gasteiger partial charge in [0, 0.05) is 26.1 Å². The van der Waals surface area contributed by atoms with Gasteiger partial charge in [-0.15, -0.1) is 0 Å². The zero-order valence-electron chi connectivity index (χ0n) is 25.1. The van der Waals surface area contributed by atoms with E-state index in [1.54, 1.807) is 0 Å². The van der Waals surface area contributed by atoms with Gasteiger partial charge in [0.25, 0.3) is 0 Å². The van der Waals surface area contributed by atoms with E-state index in [4.69, 9.17) is 9.47 Å². The molecule has 0 aliphatic heterocycles. The number of carbonyl (C=O) groups is 1. The minimum Gasteiger partial charge on any atom is -0.353 e. The van der Waals surface area contributed by atoms with Crippen LogP contribution in [-0.4, -0.2) is 25.3 Å². The summed E-state index contributed by atoms with van der Waals surface area (Å²) >= 11 is 0. The number of ether oxygens (including phenoxy) is 2. The van der Waals surface area contributed by atoms with Crippen molar-refractivity contribution in [1.29, 1.82) is 0 Å². The molecule has 0 aromatic rings. The van der Waals surface area contributed by atoms with E-state index in [0.29, 0.717) is 5.78 Å². The number of rotatable bonds is 31. The molecule has 0 fully saturated rings. The molecule has 3 nitrogen and oxygen atoms in total. The van der Waals surface area contributed by atoms with E-state index >= 15 is 0 Å². The number of hydrogen-bond acceptors (Lipinski definition) is 3. The number of carbonyl (C=O) groups excluding carboxylic acids is 1. The van der Waals surface area contributed by atoms with E-state index < -0.39 is 0 Å². The lowest BCUT2D eigenvalue weighted by atomic mass is 10.0. The van der Waals surface area contributed by atoms with Crippen LogP contribution >= 0.6 is 0 Å². The minimum absolute atomic E-state index is 0.0186. The van der Waals surface area contributed by atoms with Gasteiger partial charge in [-0.25, -0.2) is 0 Å². The second kappa shape index (κ2) is 30.8. The summed E-state index contributed by atoms with van der Waals surface area (Å²) in [5.41, 5.74) is 0. The topological polar surface area (TPSA) is 35.5 Å². The lowest BCUT2D eigenvalue weighted by Crippen LogP contribution is -2.19. The molecule has 36 heavy (non-hydrogen) atoms. The van der Waals surface area contributed by atoms with Crippen molar-refractivity contribution >= 4 is 5.78 Å². The zero-order chi connectivity index (χ0) is 26.4. The maximum absolute atomic E-state index is 12.0. The third-order valence-electron chi connectivity index (χ3n) is 7.31. The summed E-state index contributed by atoms with van der Waals surface area (Å²) in [5.74, 6) is 0.476. The maximum atomic E-state index is 12.0. The van der Waals surface area contributed by atoms with Gasteiger partial charge in [-0.1, -0.05) is 136 Å². The van der Waals surface area contributed by atoms with Gasteiger partial charge < -0.3 is 9.47 Å². The van der Waals surface area contributed by atoms with Crippen molar-refractivity contribution in [2.75, 3.05) is 13.2 Å². The third kappa shape index (κ3) is 28.2. The Morgan fingerprint density at radius 3 is 1.22 bits per heavy atom. The molecule has 0 saturated heterocycles. The fourth-order valence-electron chi connectivity index (χ4n) is 4.80. The summed E-state index contributed by atoms with van der Waals surface area (Å²) in [6, 6.07) is 0. The van der Waals surface area contributed by atoms with E-state index in [1.807, 2.05) is 0 Å². The number of Topliss-reactive ketones (excluding diaryl/α,β-unsaturated/α-hetero) is 1. The average molecular weight is 511 g/mol. The van der Waals surface area contributed by atoms with Gasteiger partial charge in [0.15, 0.2) is 6.29 Å². The molecule has 3 heteroatoms. The molecule has 0 saturated carbocycles. The monoisotopic (exact) mass is 511 g/mol. The summed E-state index contributed by atoms with van der Waals surface area (Å²) in [6.45, 7) is 8.45. The van der Waals surface area contributed by atoms with Crippen LogP contribution in [-0.2, 0) is 14.3 Å². The Morgan fingerprint density at radius 1 is 0.444 bits per heavy atom. The Bertz CT molecular complexity index is 403. The first-order valence-electron chi connectivity index (χ1n) is 16.5. The molecular formula is C33H66O3. The van der Waals surface area contributed by atoms with Crippen LogP contribution in [0.2, 0.25) is 0 Å². The second-order valence-electron chi connectivity index (χ2n) is 11.1. The van der Waals surface area contributed by atoms with Gasteiger partial charge in [0.1, 0.15) is 5.78 Å². The second-order valence-corrected chi connectivity index (χ2v) is 11.1. The molecule has 0 amide bonds. The van der Waals surface area contributed by atoms with E-state index in [9.17, 15) is 4.79 Å². The maximum Gasteiger partial charge on any atom is 0.157 e. The highest BCUT2D eigenvalue weighted by Crippen LogP contribution is 2.15. The standard InChI is InChI=1S/C33H66O3/c1-4-7-10-13-15-20-25-30-35-33(36-31-26-21-16-14-11-8-5-2)29-24-19-17-18-23-28-32(34)27-22-12-9-6-3/h33H,4-31H2,1-3H3. The van der Waals surface area contributed by atoms with Crippen LogP contribution in [0.3, 0.4) is 0 Å². The van der Waals surface area contributed by atoms with Gasteiger partial charge in [-0.3, -0.25) is 4.79 Å². The van der Waals surface area contributed by atoms with E-state index in [2.05, 4.69) is 20.8 Å². The van der Waals surface area contributed by atoms with Crippen molar-refractivity contribution in [3.05, 3.63) is 0 Å². The molecule has 0 heterocycles. The lowest BCUT2D eigenvalue weighted by molar-refractivity contribution is -0.148. The first-order chi connectivity index (χ1) is 17.7. The van der Waals surface area contributed by atoms with Crippen molar-refractivity contribution in [3.8, 4) is 0 Å². The molecule has 0 aromatic heterocycles. The quantitative estimate of drug-likeness (QED) is 0.0687. The van der Waals surface area contributed by atoms with Crippen molar-refractivity contribution < 1.29 is 14.3 Å². The van der Waals surface area contributed by atoms with Crippen LogP contribution in [0.15, 0.2) is 0 Å². The smallest absolute Gasteiger partial charge is 0.157 e. The fourth-order valence-corrected chi connectivity index (χ4v) is 4.80. The summed E-state index contributed by atoms with van der Waals surface area (Å²) in [4.78, 5) is 12.0. The highest BCUT2D eigenvalue weighted by Gasteiger charge is 2.09. The van der Waals surface area contributed by atoms with Crippen molar-refractivity contribution in [2.24, 2.45) is 0 Å². The number of unbranched alkanes of at least 4 members (excludes halogenated alkanes) is 19. The van der Waals surface area contributed by atoms with Crippen molar-refractivity contribution in [2.45, 2.75) is 194 Å². The first kappa shape index (κ1) is 35.6. The van der Waals surface area contributed by atoms with Gasteiger partial charge >= 0.3 is 0 Å². The molecule has 0 spiro atoms. The molecule has 0 N–H and O–H groups in total. The molecular weight excluding hydrogens is 444 g/mol. The predicted octanol–water partition coefficient (Wildman–Crippen LogP) is 11.1. The van der Waals surface area contributed by atoms with Crippen LogP contribution in [0.5, 0.6) is 0 Å². The summed E-state index contributed by atoms with van der Waals surface area (Å²) in [7, 11) is 0. The number of ketones is 1. The van der Waals surface area contributed by atoms with E-state index in [-0.39, 0.29) is 6.29 Å². The first-order valence-corrected chi connectivity index (χ1v) is 16.5. The van der Waals surface area contributed by atoms with Crippen LogP contribution in [0.4, 0.5) is 0 Å². The summed E-state index contributed by atoms with van der Waals surface area (Å²) in [6.07, 6.45) is 31.7. The van der Waals surface area contributed by atoms with Crippen LogP contribution in [0, 0.1) is 0 Å². The van der Waals surface area contributed by atoms with Crippen LogP contribution in [0.25, 0.3) is 0 Å². The van der Waals surface area contributed by atoms with Crippen molar-refractivity contribution in [1.82, 2.24) is 0 Å². The Kier molecular flexibility index (Phi) is 30.5. The molecule has 0 aliphatic carbocycles. The van der Waals surface area contributed by atoms with Crippen LogP contribution in [0.1, 0.15) is 188 Å². The van der Waals surface area contributed by atoms with E-state index in [1.165, 1.54) is 122 Å².